The fourth-order valence-electron chi connectivity index (χ4n) is 3.72. The molecule has 0 fully saturated rings. The first-order chi connectivity index (χ1) is 21.6. The second-order valence-corrected chi connectivity index (χ2v) is 11.4. The molecule has 0 saturated heterocycles. The van der Waals surface area contributed by atoms with Crippen molar-refractivity contribution in [2.75, 3.05) is 26.5 Å². The van der Waals surface area contributed by atoms with Crippen molar-refractivity contribution >= 4 is 22.3 Å². The number of rotatable bonds is 14. The Hall–Kier alpha value is -4.27. The Balaban J connectivity index is 1.57. The van der Waals surface area contributed by atoms with Crippen molar-refractivity contribution in [1.82, 2.24) is 25.1 Å². The molecule has 0 aliphatic rings. The molecule has 1 aromatic heterocycles. The lowest BCUT2D eigenvalue weighted by Gasteiger charge is -2.30. The summed E-state index contributed by atoms with van der Waals surface area (Å²) in [6, 6.07) is 12.3. The number of aryl methyl sites for hydroxylation is 1. The number of ether oxygens (including phenoxy) is 3. The molecule has 1 amide bonds. The molecule has 3 rings (SSSR count). The van der Waals surface area contributed by atoms with Crippen molar-refractivity contribution in [1.29, 1.82) is 0 Å². The molecule has 0 radical (unpaired) electrons. The maximum Gasteiger partial charge on any atom is 0.510 e. The van der Waals surface area contributed by atoms with Gasteiger partial charge in [-0.05, 0) is 63.6 Å². The molecule has 0 aliphatic heterocycles. The van der Waals surface area contributed by atoms with Gasteiger partial charge in [-0.3, -0.25) is 0 Å². The number of sulfonamides is 1. The van der Waals surface area contributed by atoms with E-state index < -0.39 is 58.9 Å². The highest BCUT2D eigenvalue weighted by molar-refractivity contribution is 7.90. The van der Waals surface area contributed by atoms with Crippen molar-refractivity contribution in [2.45, 2.75) is 44.9 Å². The first-order valence-electron chi connectivity index (χ1n) is 13.6. The largest absolute Gasteiger partial charge is 0.591 e. The summed E-state index contributed by atoms with van der Waals surface area (Å²) in [6.45, 7) is 5.63. The molecule has 0 bridgehead atoms. The van der Waals surface area contributed by atoms with Crippen molar-refractivity contribution in [3.63, 3.8) is 0 Å². The molecule has 0 saturated carbocycles. The third-order valence-electron chi connectivity index (χ3n) is 5.95. The lowest BCUT2D eigenvalue weighted by molar-refractivity contribution is -1.04. The fraction of sp³-hybridized carbons (Fsp3) is 0.370. The first-order valence-corrected chi connectivity index (χ1v) is 15.1. The Morgan fingerprint density at radius 3 is 2.33 bits per heavy atom. The van der Waals surface area contributed by atoms with Gasteiger partial charge in [-0.15, -0.1) is 5.01 Å². The van der Waals surface area contributed by atoms with Gasteiger partial charge in [-0.25, -0.2) is 32.2 Å². The minimum Gasteiger partial charge on any atom is -0.591 e. The number of benzene rings is 2. The number of alkyl halides is 3. The topological polar surface area (TPSA) is 178 Å². The van der Waals surface area contributed by atoms with Crippen LogP contribution in [0.3, 0.4) is 0 Å². The maximum atomic E-state index is 13.5. The van der Waals surface area contributed by atoms with Crippen molar-refractivity contribution in [3.8, 4) is 16.9 Å². The van der Waals surface area contributed by atoms with Crippen LogP contribution in [0.2, 0.25) is 0 Å². The predicted molar refractivity (Wildman–Crippen MR) is 154 cm³/mol. The monoisotopic (exact) mass is 674 g/mol. The number of carbonyl (C=O) groups is 2. The molecule has 1 atom stereocenters. The summed E-state index contributed by atoms with van der Waals surface area (Å²) < 4.78 is 82.9. The van der Waals surface area contributed by atoms with E-state index in [1.807, 2.05) is 12.5 Å². The molecule has 0 aliphatic carbocycles. The van der Waals surface area contributed by atoms with E-state index in [0.29, 0.717) is 5.56 Å². The number of hydrogen-bond donors (Lipinski definition) is 3. The van der Waals surface area contributed by atoms with Gasteiger partial charge in [0.05, 0.1) is 28.9 Å². The Bertz CT molecular complexity index is 1570. The van der Waals surface area contributed by atoms with Crippen LogP contribution in [0.15, 0.2) is 59.5 Å². The molecule has 19 heteroatoms. The second kappa shape index (κ2) is 15.8. The van der Waals surface area contributed by atoms with Gasteiger partial charge < -0.3 is 19.4 Å². The second-order valence-electron chi connectivity index (χ2n) is 9.74. The van der Waals surface area contributed by atoms with Gasteiger partial charge in [-0.2, -0.15) is 23.6 Å². The van der Waals surface area contributed by atoms with Crippen LogP contribution in [-0.2, 0) is 35.2 Å². The zero-order valence-corrected chi connectivity index (χ0v) is 26.0. The van der Waals surface area contributed by atoms with Gasteiger partial charge >= 0.3 is 18.4 Å². The maximum absolute atomic E-state index is 13.5. The van der Waals surface area contributed by atoms with E-state index in [9.17, 15) is 36.4 Å². The summed E-state index contributed by atoms with van der Waals surface area (Å²) in [5.74, 6) is 0. The number of hydrogen-bond acceptors (Lipinski definition) is 12. The van der Waals surface area contributed by atoms with Crippen LogP contribution in [0.5, 0.6) is 0 Å². The lowest BCUT2D eigenvalue weighted by atomic mass is 10.1. The minimum atomic E-state index is -4.72. The third-order valence-corrected chi connectivity index (χ3v) is 7.27. The molecule has 1 unspecified atom stereocenters. The van der Waals surface area contributed by atoms with Crippen LogP contribution in [0.1, 0.15) is 32.0 Å². The van der Waals surface area contributed by atoms with E-state index in [2.05, 4.69) is 9.84 Å². The molecule has 3 N–H and O–H groups in total. The van der Waals surface area contributed by atoms with Crippen LogP contribution in [-0.4, -0.2) is 68.0 Å². The number of nitrogens with one attached hydrogen (secondary N) is 3. The summed E-state index contributed by atoms with van der Waals surface area (Å²) in [7, 11) is -4.44. The molecule has 46 heavy (non-hydrogen) atoms. The van der Waals surface area contributed by atoms with Crippen molar-refractivity contribution in [3.05, 3.63) is 71.1 Å². The Morgan fingerprint density at radius 1 is 1.09 bits per heavy atom. The molecule has 15 nitrogen and oxygen atoms in total. The third kappa shape index (κ3) is 10.4. The van der Waals surface area contributed by atoms with Crippen LogP contribution >= 0.6 is 0 Å². The van der Waals surface area contributed by atoms with E-state index in [-0.39, 0.29) is 29.4 Å². The minimum absolute atomic E-state index is 0.130. The average Bonchev–Trinajstić information content (AvgIpc) is 3.44. The summed E-state index contributed by atoms with van der Waals surface area (Å²) in [4.78, 5) is 27.8. The Morgan fingerprint density at radius 2 is 1.74 bits per heavy atom. The van der Waals surface area contributed by atoms with E-state index in [1.54, 1.807) is 49.8 Å². The molecular weight excluding hydrogens is 641 g/mol. The zero-order chi connectivity index (χ0) is 34.1. The highest BCUT2D eigenvalue weighted by Gasteiger charge is 2.35. The van der Waals surface area contributed by atoms with Gasteiger partial charge in [0, 0.05) is 12.1 Å². The standard InChI is InChI=1S/C27H33F3N6O9S/c1-5-34(36(39)33-44-17-43-26(38)45-18(2)3)14-15-42-25(37)32-46(40,41)22-12-10-21(11-13-22)35-23(16-24(31-35)27(28,29)30)20-8-6-19(4)7-9-20/h6-13,16,18,33,36H,5,14-15,17H2,1-4H3,(H,32,37). The molecule has 0 spiro atoms. The van der Waals surface area contributed by atoms with Gasteiger partial charge in [-0.1, -0.05) is 29.8 Å². The molecule has 1 heterocycles. The SMILES string of the molecule is CCN(CCOC(=O)NS(=O)(=O)c1ccc(-n2nc(C(F)(F)F)cc2-c2ccc(C)cc2)cc1)[NH+]([O-])NOCOC(=O)OC(C)C. The van der Waals surface area contributed by atoms with E-state index >= 15 is 0 Å². The lowest BCUT2D eigenvalue weighted by Crippen LogP contribution is -3.20. The Kier molecular flexibility index (Phi) is 12.5. The summed E-state index contributed by atoms with van der Waals surface area (Å²) >= 11 is 0. The summed E-state index contributed by atoms with van der Waals surface area (Å²) in [5.41, 5.74) is 2.51. The fourth-order valence-corrected chi connectivity index (χ4v) is 4.61. The number of aromatic nitrogens is 2. The van der Waals surface area contributed by atoms with Gasteiger partial charge in [0.15, 0.2) is 5.69 Å². The van der Waals surface area contributed by atoms with Crippen molar-refractivity contribution < 1.29 is 55.5 Å². The normalized spacial score (nSPS) is 12.7. The number of halogens is 3. The smallest absolute Gasteiger partial charge is 0.510 e. The van der Waals surface area contributed by atoms with E-state index in [0.717, 1.165) is 33.5 Å². The van der Waals surface area contributed by atoms with Gasteiger partial charge in [0.25, 0.3) is 10.0 Å². The quantitative estimate of drug-likeness (QED) is 0.0988. The molecular formula is C27H33F3N6O9S. The highest BCUT2D eigenvalue weighted by Crippen LogP contribution is 2.33. The van der Waals surface area contributed by atoms with E-state index in [4.69, 9.17) is 14.3 Å². The number of quaternary nitrogens is 1. The molecule has 2 aromatic carbocycles. The van der Waals surface area contributed by atoms with Crippen LogP contribution < -0.4 is 15.6 Å². The summed E-state index contributed by atoms with van der Waals surface area (Å²) in [6.07, 6.45) is -7.46. The van der Waals surface area contributed by atoms with Crippen LogP contribution in [0.4, 0.5) is 22.8 Å². The van der Waals surface area contributed by atoms with Crippen molar-refractivity contribution in [2.24, 2.45) is 0 Å². The van der Waals surface area contributed by atoms with Gasteiger partial charge in [0.1, 0.15) is 6.61 Å². The number of nitrogens with zero attached hydrogens (tertiary/aromatic N) is 3. The Labute approximate surface area is 262 Å². The van der Waals surface area contributed by atoms with E-state index in [1.165, 1.54) is 12.1 Å². The summed E-state index contributed by atoms with van der Waals surface area (Å²) in [5, 5.41) is 16.3. The zero-order valence-electron chi connectivity index (χ0n) is 25.2. The predicted octanol–water partition coefficient (Wildman–Crippen LogP) is 2.86. The molecule has 252 valence electrons. The average molecular weight is 675 g/mol. The number of likely N-dealkylation sites (N-methyl/N-ethyl adjacent to an activating group) is 1. The highest BCUT2D eigenvalue weighted by atomic mass is 32.2. The van der Waals surface area contributed by atoms with Gasteiger partial charge in [0.2, 0.25) is 6.79 Å². The van der Waals surface area contributed by atoms with Crippen LogP contribution in [0.25, 0.3) is 16.9 Å². The molecule has 3 aromatic rings. The number of amides is 1. The van der Waals surface area contributed by atoms with Crippen LogP contribution in [0, 0.1) is 12.1 Å². The number of carbonyl (C=O) groups excluding carboxylic acids is 2. The first kappa shape index (κ1) is 36.2.